The average Bonchev–Trinajstić information content (AvgIpc) is 4.29. The molecule has 15 aromatic rings. The third kappa shape index (κ3) is 7.31. The lowest BCUT2D eigenvalue weighted by atomic mass is 9.95. The van der Waals surface area contributed by atoms with E-state index in [4.69, 9.17) is 9.97 Å². The van der Waals surface area contributed by atoms with Crippen LogP contribution in [0.25, 0.3) is 139 Å². The second-order valence-corrected chi connectivity index (χ2v) is 20.7. The smallest absolute Gasteiger partial charge is 0.160 e. The topological polar surface area (TPSA) is 40.6 Å². The van der Waals surface area contributed by atoms with E-state index in [2.05, 4.69) is 289 Å². The predicted octanol–water partition coefficient (Wildman–Crippen LogP) is 19.0. The summed E-state index contributed by atoms with van der Waals surface area (Å²) in [5, 5.41) is 7.41. The third-order valence-electron chi connectivity index (χ3n) is 16.1. The Morgan fingerprint density at radius 3 is 1.13 bits per heavy atom. The lowest BCUT2D eigenvalue weighted by Crippen LogP contribution is -1.98. The zero-order valence-corrected chi connectivity index (χ0v) is 43.5. The van der Waals surface area contributed by atoms with Crippen molar-refractivity contribution in [3.05, 3.63) is 271 Å². The monoisotopic (exact) mass is 997 g/mol. The summed E-state index contributed by atoms with van der Waals surface area (Å²) in [4.78, 5) is 10.3. The minimum atomic E-state index is 0.736. The Labute approximate surface area is 452 Å². The minimum Gasteiger partial charge on any atom is -0.309 e. The molecule has 0 aliphatic rings. The van der Waals surface area contributed by atoms with Gasteiger partial charge in [-0.15, -0.1) is 0 Å². The fourth-order valence-electron chi connectivity index (χ4n) is 12.3. The Bertz CT molecular complexity index is 4530. The van der Waals surface area contributed by atoms with E-state index in [0.717, 1.165) is 73.1 Å². The van der Waals surface area contributed by atoms with Crippen LogP contribution in [0.1, 0.15) is 16.7 Å². The van der Waals surface area contributed by atoms with Gasteiger partial charge in [0.15, 0.2) is 5.82 Å². The van der Waals surface area contributed by atoms with Crippen molar-refractivity contribution in [2.75, 3.05) is 0 Å². The van der Waals surface area contributed by atoms with E-state index in [-0.39, 0.29) is 0 Å². The second-order valence-electron chi connectivity index (χ2n) is 20.7. The van der Waals surface area contributed by atoms with Gasteiger partial charge in [-0.1, -0.05) is 170 Å². The van der Waals surface area contributed by atoms with E-state index in [0.29, 0.717) is 0 Å². The average molecular weight is 998 g/mol. The molecule has 4 heterocycles. The lowest BCUT2D eigenvalue weighted by molar-refractivity contribution is 1.16. The Morgan fingerprint density at radius 2 is 0.628 bits per heavy atom. The Kier molecular flexibility index (Phi) is 10.5. The molecule has 0 aliphatic heterocycles. The number of nitrogens with zero attached hydrogens (tertiary/aromatic N) is 5. The molecular weight excluding hydrogens is 947 g/mol. The standard InChI is InChI=1S/C73H51N5/c1-46-16-4-6-18-57(46)66-45-65(74-73(75-66)58-19-7-5-17-47(58)2)52-34-39-56(48(3)42-52)51-30-28-49(29-31-51)50-32-35-53(36-33-50)76-71-40-37-54(77-67-24-12-8-20-59(67)60-21-9-13-25-68(60)77)43-63(71)64-44-55(38-41-72(64)76)78-69-26-14-10-22-61(69)62-23-11-15-27-70(62)78/h4-45H,1-3H3. The van der Waals surface area contributed by atoms with E-state index >= 15 is 0 Å². The van der Waals surface area contributed by atoms with E-state index in [1.807, 2.05) is 0 Å². The van der Waals surface area contributed by atoms with Gasteiger partial charge in [0.2, 0.25) is 0 Å². The number of hydrogen-bond donors (Lipinski definition) is 0. The fourth-order valence-corrected chi connectivity index (χ4v) is 12.3. The van der Waals surface area contributed by atoms with Gasteiger partial charge in [0.05, 0.1) is 44.5 Å². The maximum absolute atomic E-state index is 5.18. The predicted molar refractivity (Wildman–Crippen MR) is 326 cm³/mol. The normalized spacial score (nSPS) is 11.8. The van der Waals surface area contributed by atoms with Gasteiger partial charge in [0.1, 0.15) is 0 Å². The van der Waals surface area contributed by atoms with Crippen molar-refractivity contribution in [3.8, 4) is 73.2 Å². The zero-order chi connectivity index (χ0) is 52.0. The highest BCUT2D eigenvalue weighted by Crippen LogP contribution is 2.41. The molecule has 0 bridgehead atoms. The largest absolute Gasteiger partial charge is 0.309 e. The van der Waals surface area contributed by atoms with Crippen LogP contribution in [0.2, 0.25) is 0 Å². The summed E-state index contributed by atoms with van der Waals surface area (Å²) in [5.41, 5.74) is 23.8. The number of rotatable bonds is 8. The molecular formula is C73H51N5. The SMILES string of the molecule is Cc1cc(-c2cc(-c3ccccc3C)nc(-c3ccccc3C)n2)ccc1-c1ccc(-c2ccc(-n3c4ccc(-n5c6ccccc6c6ccccc65)cc4c4cc(-n5c6ccccc6c6ccccc65)ccc43)cc2)cc1. The molecule has 0 N–H and O–H groups in total. The highest BCUT2D eigenvalue weighted by atomic mass is 15.0. The first kappa shape index (κ1) is 45.3. The second kappa shape index (κ2) is 18.0. The zero-order valence-electron chi connectivity index (χ0n) is 43.5. The first-order valence-corrected chi connectivity index (χ1v) is 26.8. The van der Waals surface area contributed by atoms with E-state index in [1.165, 1.54) is 82.2 Å². The van der Waals surface area contributed by atoms with Gasteiger partial charge in [0.25, 0.3) is 0 Å². The molecule has 5 heteroatoms. The fraction of sp³-hybridized carbons (Fsp3) is 0.0411. The number of para-hydroxylation sites is 4. The quantitative estimate of drug-likeness (QED) is 0.152. The maximum atomic E-state index is 5.18. The highest BCUT2D eigenvalue weighted by Gasteiger charge is 2.20. The molecule has 368 valence electrons. The molecule has 11 aromatic carbocycles. The van der Waals surface area contributed by atoms with Crippen LogP contribution in [-0.4, -0.2) is 23.7 Å². The van der Waals surface area contributed by atoms with Crippen LogP contribution in [-0.2, 0) is 0 Å². The van der Waals surface area contributed by atoms with Crippen LogP contribution in [0.3, 0.4) is 0 Å². The van der Waals surface area contributed by atoms with Gasteiger partial charge in [-0.25, -0.2) is 9.97 Å². The third-order valence-corrected chi connectivity index (χ3v) is 16.1. The Balaban J connectivity index is 0.795. The number of hydrogen-bond acceptors (Lipinski definition) is 2. The molecule has 0 spiro atoms. The van der Waals surface area contributed by atoms with Gasteiger partial charge >= 0.3 is 0 Å². The van der Waals surface area contributed by atoms with Crippen LogP contribution in [0.5, 0.6) is 0 Å². The van der Waals surface area contributed by atoms with Crippen molar-refractivity contribution in [3.63, 3.8) is 0 Å². The molecule has 15 rings (SSSR count). The van der Waals surface area contributed by atoms with Crippen molar-refractivity contribution in [1.29, 1.82) is 0 Å². The Hall–Kier alpha value is -10.1. The van der Waals surface area contributed by atoms with Gasteiger partial charge in [0, 0.05) is 66.1 Å². The van der Waals surface area contributed by atoms with Crippen molar-refractivity contribution in [1.82, 2.24) is 23.7 Å². The van der Waals surface area contributed by atoms with E-state index in [9.17, 15) is 0 Å². The van der Waals surface area contributed by atoms with E-state index < -0.39 is 0 Å². The van der Waals surface area contributed by atoms with Crippen molar-refractivity contribution >= 4 is 65.4 Å². The van der Waals surface area contributed by atoms with Crippen LogP contribution in [0.4, 0.5) is 0 Å². The summed E-state index contributed by atoms with van der Waals surface area (Å²) in [6, 6.07) is 92.7. The van der Waals surface area contributed by atoms with Crippen molar-refractivity contribution < 1.29 is 0 Å². The molecule has 5 nitrogen and oxygen atoms in total. The van der Waals surface area contributed by atoms with Crippen LogP contribution < -0.4 is 0 Å². The van der Waals surface area contributed by atoms with Crippen molar-refractivity contribution in [2.45, 2.75) is 20.8 Å². The number of benzene rings is 11. The highest BCUT2D eigenvalue weighted by molar-refractivity contribution is 6.14. The Morgan fingerprint density at radius 1 is 0.244 bits per heavy atom. The van der Waals surface area contributed by atoms with E-state index in [1.54, 1.807) is 0 Å². The molecule has 78 heavy (non-hydrogen) atoms. The molecule has 0 atom stereocenters. The molecule has 0 saturated carbocycles. The summed E-state index contributed by atoms with van der Waals surface area (Å²) in [5.74, 6) is 0.736. The molecule has 0 radical (unpaired) electrons. The number of aryl methyl sites for hydroxylation is 3. The van der Waals surface area contributed by atoms with Gasteiger partial charge in [-0.3, -0.25) is 0 Å². The summed E-state index contributed by atoms with van der Waals surface area (Å²) in [6.45, 7) is 6.46. The lowest BCUT2D eigenvalue weighted by Gasteiger charge is -2.14. The molecule has 0 saturated heterocycles. The first-order valence-electron chi connectivity index (χ1n) is 26.8. The van der Waals surface area contributed by atoms with Gasteiger partial charge in [-0.05, 0) is 145 Å². The summed E-state index contributed by atoms with van der Waals surface area (Å²) in [7, 11) is 0. The van der Waals surface area contributed by atoms with Crippen molar-refractivity contribution in [2.24, 2.45) is 0 Å². The maximum Gasteiger partial charge on any atom is 0.160 e. The van der Waals surface area contributed by atoms with Gasteiger partial charge < -0.3 is 13.7 Å². The minimum absolute atomic E-state index is 0.736. The van der Waals surface area contributed by atoms with Crippen LogP contribution in [0.15, 0.2) is 255 Å². The molecule has 0 unspecified atom stereocenters. The number of aromatic nitrogens is 5. The summed E-state index contributed by atoms with van der Waals surface area (Å²) < 4.78 is 7.28. The first-order chi connectivity index (χ1) is 38.4. The van der Waals surface area contributed by atoms with Gasteiger partial charge in [-0.2, -0.15) is 0 Å². The molecule has 4 aromatic heterocycles. The molecule has 0 amide bonds. The molecule has 0 fully saturated rings. The van der Waals surface area contributed by atoms with Crippen LogP contribution >= 0.6 is 0 Å². The van der Waals surface area contributed by atoms with Crippen LogP contribution in [0, 0.1) is 20.8 Å². The molecule has 0 aliphatic carbocycles. The number of fused-ring (bicyclic) bond motifs is 9. The summed E-state index contributed by atoms with van der Waals surface area (Å²) in [6.07, 6.45) is 0. The summed E-state index contributed by atoms with van der Waals surface area (Å²) >= 11 is 0.